The molecule has 3 aromatic heterocycles. The monoisotopic (exact) mass is 430 g/mol. The zero-order valence-corrected chi connectivity index (χ0v) is 17.7. The van der Waals surface area contributed by atoms with Crippen LogP contribution >= 0.6 is 0 Å². The molecule has 0 saturated heterocycles. The van der Waals surface area contributed by atoms with Gasteiger partial charge in [-0.1, -0.05) is 49.3 Å². The Kier molecular flexibility index (Phi) is 4.93. The summed E-state index contributed by atoms with van der Waals surface area (Å²) in [6.45, 7) is 3.92. The first-order valence-corrected chi connectivity index (χ1v) is 10.5. The van der Waals surface area contributed by atoms with E-state index < -0.39 is 5.91 Å². The minimum atomic E-state index is -0.443. The molecule has 4 aromatic rings. The van der Waals surface area contributed by atoms with Gasteiger partial charge in [-0.25, -0.2) is 4.98 Å². The fourth-order valence-electron chi connectivity index (χ4n) is 3.39. The van der Waals surface area contributed by atoms with Gasteiger partial charge in [0, 0.05) is 29.7 Å². The van der Waals surface area contributed by atoms with Crippen LogP contribution in [0.25, 0.3) is 17.3 Å². The van der Waals surface area contributed by atoms with Crippen LogP contribution in [-0.2, 0) is 0 Å². The van der Waals surface area contributed by atoms with E-state index in [4.69, 9.17) is 4.52 Å². The molecule has 1 aromatic carbocycles. The molecule has 32 heavy (non-hydrogen) atoms. The second-order valence-electron chi connectivity index (χ2n) is 8.19. The highest BCUT2D eigenvalue weighted by Crippen LogP contribution is 2.40. The highest BCUT2D eigenvalue weighted by molar-refractivity contribution is 6.03. The molecular weight excluding hydrogens is 408 g/mol. The minimum absolute atomic E-state index is 0.0686. The van der Waals surface area contributed by atoms with Crippen LogP contribution in [0.2, 0.25) is 0 Å². The highest BCUT2D eigenvalue weighted by Gasteiger charge is 2.29. The Morgan fingerprint density at radius 1 is 1.19 bits per heavy atom. The standard InChI is InChI=1S/C23H22N6O3/c1-13(2)16-12-21(30)26-23(24-16)29-20(11-17(27-29)14-8-9-14)25-22(31)18-10-19(32-28-18)15-6-4-3-5-7-15/h3-7,10-14H,8-9H2,1-2H3,(H,25,31)(H,24,26,30). The number of aromatic amines is 1. The molecule has 162 valence electrons. The van der Waals surface area contributed by atoms with Gasteiger partial charge < -0.3 is 9.84 Å². The molecule has 0 bridgehead atoms. The van der Waals surface area contributed by atoms with Gasteiger partial charge in [0.1, 0.15) is 5.82 Å². The van der Waals surface area contributed by atoms with Gasteiger partial charge in [0.2, 0.25) is 5.95 Å². The third-order valence-corrected chi connectivity index (χ3v) is 5.31. The summed E-state index contributed by atoms with van der Waals surface area (Å²) < 4.78 is 6.81. The first kappa shape index (κ1) is 19.9. The lowest BCUT2D eigenvalue weighted by atomic mass is 10.1. The first-order chi connectivity index (χ1) is 15.5. The quantitative estimate of drug-likeness (QED) is 0.479. The fraction of sp³-hybridized carbons (Fsp3) is 0.261. The van der Waals surface area contributed by atoms with Crippen molar-refractivity contribution in [3.8, 4) is 17.3 Å². The maximum Gasteiger partial charge on any atom is 0.279 e. The van der Waals surface area contributed by atoms with Crippen molar-refractivity contribution in [3.63, 3.8) is 0 Å². The van der Waals surface area contributed by atoms with Gasteiger partial charge in [-0.3, -0.25) is 14.6 Å². The molecule has 1 saturated carbocycles. The van der Waals surface area contributed by atoms with Crippen LogP contribution in [0.1, 0.15) is 60.4 Å². The highest BCUT2D eigenvalue weighted by atomic mass is 16.5. The number of amides is 1. The lowest BCUT2D eigenvalue weighted by Crippen LogP contribution is -2.19. The molecule has 0 unspecified atom stereocenters. The summed E-state index contributed by atoms with van der Waals surface area (Å²) in [7, 11) is 0. The number of H-pyrrole nitrogens is 1. The Bertz CT molecular complexity index is 1330. The molecule has 1 aliphatic carbocycles. The van der Waals surface area contributed by atoms with Crippen LogP contribution in [0.4, 0.5) is 5.82 Å². The van der Waals surface area contributed by atoms with E-state index in [1.54, 1.807) is 6.07 Å². The number of carbonyl (C=O) groups is 1. The number of anilines is 1. The minimum Gasteiger partial charge on any atom is -0.355 e. The molecule has 9 nitrogen and oxygen atoms in total. The Balaban J connectivity index is 1.47. The van der Waals surface area contributed by atoms with E-state index in [1.165, 1.54) is 10.7 Å². The Labute approximate surface area is 183 Å². The van der Waals surface area contributed by atoms with E-state index in [9.17, 15) is 9.59 Å². The van der Waals surface area contributed by atoms with Crippen molar-refractivity contribution in [3.05, 3.63) is 76.0 Å². The topological polar surface area (TPSA) is 119 Å². The molecule has 2 N–H and O–H groups in total. The zero-order chi connectivity index (χ0) is 22.2. The van der Waals surface area contributed by atoms with Crippen molar-refractivity contribution in [1.82, 2.24) is 24.9 Å². The number of carbonyl (C=O) groups excluding carboxylic acids is 1. The molecule has 1 aliphatic rings. The molecule has 9 heteroatoms. The van der Waals surface area contributed by atoms with E-state index in [0.717, 1.165) is 24.1 Å². The molecule has 3 heterocycles. The number of hydrogen-bond donors (Lipinski definition) is 2. The van der Waals surface area contributed by atoms with Gasteiger partial charge in [0.05, 0.1) is 11.4 Å². The number of benzene rings is 1. The van der Waals surface area contributed by atoms with E-state index >= 15 is 0 Å². The molecule has 0 radical (unpaired) electrons. The second-order valence-corrected chi connectivity index (χ2v) is 8.19. The largest absolute Gasteiger partial charge is 0.355 e. The third kappa shape index (κ3) is 3.96. The lowest BCUT2D eigenvalue weighted by Gasteiger charge is -2.09. The summed E-state index contributed by atoms with van der Waals surface area (Å²) in [5, 5.41) is 11.4. The molecule has 0 atom stereocenters. The third-order valence-electron chi connectivity index (χ3n) is 5.31. The van der Waals surface area contributed by atoms with Crippen LogP contribution in [0.5, 0.6) is 0 Å². The van der Waals surface area contributed by atoms with Crippen molar-refractivity contribution in [2.45, 2.75) is 38.5 Å². The number of nitrogens with one attached hydrogen (secondary N) is 2. The zero-order valence-electron chi connectivity index (χ0n) is 17.7. The Hall–Kier alpha value is -4.01. The first-order valence-electron chi connectivity index (χ1n) is 10.5. The van der Waals surface area contributed by atoms with E-state index in [0.29, 0.717) is 23.2 Å². The lowest BCUT2D eigenvalue weighted by molar-refractivity contribution is 0.101. The van der Waals surface area contributed by atoms with Crippen molar-refractivity contribution in [2.24, 2.45) is 0 Å². The van der Waals surface area contributed by atoms with Crippen LogP contribution in [0, 0.1) is 0 Å². The van der Waals surface area contributed by atoms with Gasteiger partial charge in [-0.05, 0) is 18.8 Å². The van der Waals surface area contributed by atoms with Gasteiger partial charge in [0.15, 0.2) is 11.5 Å². The van der Waals surface area contributed by atoms with Gasteiger partial charge in [-0.15, -0.1) is 0 Å². The Morgan fingerprint density at radius 3 is 2.69 bits per heavy atom. The molecule has 0 spiro atoms. The van der Waals surface area contributed by atoms with E-state index in [-0.39, 0.29) is 23.1 Å². The Morgan fingerprint density at radius 2 is 1.97 bits per heavy atom. The summed E-state index contributed by atoms with van der Waals surface area (Å²) in [5.41, 5.74) is 2.19. The smallest absolute Gasteiger partial charge is 0.279 e. The molecular formula is C23H22N6O3. The summed E-state index contributed by atoms with van der Waals surface area (Å²) in [6.07, 6.45) is 2.09. The SMILES string of the molecule is CC(C)c1cc(=O)[nH]c(-n2nc(C3CC3)cc2NC(=O)c2cc(-c3ccccc3)on2)n1. The van der Waals surface area contributed by atoms with Crippen molar-refractivity contribution < 1.29 is 9.32 Å². The number of aromatic nitrogens is 5. The summed E-state index contributed by atoms with van der Waals surface area (Å²) in [6, 6.07) is 14.3. The predicted octanol–water partition coefficient (Wildman–Crippen LogP) is 3.86. The van der Waals surface area contributed by atoms with E-state index in [2.05, 4.69) is 25.5 Å². The van der Waals surface area contributed by atoms with Gasteiger partial charge >= 0.3 is 0 Å². The van der Waals surface area contributed by atoms with Crippen LogP contribution in [-0.4, -0.2) is 30.8 Å². The number of rotatable bonds is 6. The van der Waals surface area contributed by atoms with Crippen molar-refractivity contribution in [1.29, 1.82) is 0 Å². The maximum absolute atomic E-state index is 12.9. The number of nitrogens with zero attached hydrogens (tertiary/aromatic N) is 4. The van der Waals surface area contributed by atoms with E-state index in [1.807, 2.05) is 50.2 Å². The molecule has 1 fully saturated rings. The maximum atomic E-state index is 12.9. The summed E-state index contributed by atoms with van der Waals surface area (Å²) in [4.78, 5) is 32.4. The van der Waals surface area contributed by atoms with Crippen LogP contribution in [0.15, 0.2) is 57.8 Å². The normalized spacial score (nSPS) is 13.5. The van der Waals surface area contributed by atoms with Crippen molar-refractivity contribution >= 4 is 11.7 Å². The average molecular weight is 430 g/mol. The van der Waals surface area contributed by atoms with Crippen LogP contribution in [0.3, 0.4) is 0 Å². The molecule has 5 rings (SSSR count). The van der Waals surface area contributed by atoms with Gasteiger partial charge in [-0.2, -0.15) is 9.78 Å². The fourth-order valence-corrected chi connectivity index (χ4v) is 3.39. The summed E-state index contributed by atoms with van der Waals surface area (Å²) >= 11 is 0. The molecule has 0 aliphatic heterocycles. The van der Waals surface area contributed by atoms with Gasteiger partial charge in [0.25, 0.3) is 11.5 Å². The van der Waals surface area contributed by atoms with Crippen molar-refractivity contribution in [2.75, 3.05) is 5.32 Å². The number of hydrogen-bond acceptors (Lipinski definition) is 6. The molecule has 1 amide bonds. The predicted molar refractivity (Wildman–Crippen MR) is 118 cm³/mol. The summed E-state index contributed by atoms with van der Waals surface area (Å²) in [5.74, 6) is 1.14. The van der Waals surface area contributed by atoms with Crippen LogP contribution < -0.4 is 10.9 Å². The second kappa shape index (κ2) is 7.92. The average Bonchev–Trinajstić information content (AvgIpc) is 3.36.